The lowest BCUT2D eigenvalue weighted by Crippen LogP contribution is -2.35. The molecule has 14 heavy (non-hydrogen) atoms. The molecule has 0 fully saturated rings. The number of nitrogens with one attached hydrogen (secondary N) is 1. The Morgan fingerprint density at radius 3 is 2.36 bits per heavy atom. The third-order valence-electron chi connectivity index (χ3n) is 1.99. The maximum Gasteiger partial charge on any atom is 0.225 e. The monoisotopic (exact) mass is 217 g/mol. The zero-order valence-corrected chi connectivity index (χ0v) is 10.7. The Morgan fingerprint density at radius 1 is 1.21 bits per heavy atom. The van der Waals surface area contributed by atoms with Crippen LogP contribution >= 0.6 is 11.8 Å². The van der Waals surface area contributed by atoms with Crippen molar-refractivity contribution in [2.45, 2.75) is 40.0 Å². The number of thioether (sulfide) groups is 1. The van der Waals surface area contributed by atoms with Crippen LogP contribution in [0.15, 0.2) is 0 Å². The minimum absolute atomic E-state index is 0.155. The zero-order chi connectivity index (χ0) is 11.0. The second-order valence-corrected chi connectivity index (χ2v) is 5.54. The van der Waals surface area contributed by atoms with Crippen molar-refractivity contribution in [3.8, 4) is 0 Å². The maximum absolute atomic E-state index is 11.4. The molecule has 0 heterocycles. The van der Waals surface area contributed by atoms with Crippen LogP contribution in [0.1, 0.15) is 40.0 Å². The average molecular weight is 217 g/mol. The van der Waals surface area contributed by atoms with E-state index in [1.165, 1.54) is 18.6 Å². The molecule has 84 valence electrons. The predicted molar refractivity (Wildman–Crippen MR) is 64.7 cm³/mol. The van der Waals surface area contributed by atoms with Crippen LogP contribution in [-0.4, -0.2) is 24.5 Å². The molecule has 0 aromatic carbocycles. The molecule has 0 atom stereocenters. The van der Waals surface area contributed by atoms with Gasteiger partial charge >= 0.3 is 0 Å². The molecular weight excluding hydrogens is 194 g/mol. The van der Waals surface area contributed by atoms with Gasteiger partial charge < -0.3 is 5.32 Å². The highest BCUT2D eigenvalue weighted by Crippen LogP contribution is 2.12. The topological polar surface area (TPSA) is 29.1 Å². The first kappa shape index (κ1) is 13.8. The van der Waals surface area contributed by atoms with E-state index < -0.39 is 0 Å². The highest BCUT2D eigenvalue weighted by molar-refractivity contribution is 7.98. The first-order valence-corrected chi connectivity index (χ1v) is 6.65. The Balaban J connectivity index is 3.33. The summed E-state index contributed by atoms with van der Waals surface area (Å²) in [5, 5.41) is 2.95. The summed E-state index contributed by atoms with van der Waals surface area (Å²) < 4.78 is 0. The Morgan fingerprint density at radius 2 is 1.86 bits per heavy atom. The standard InChI is InChI=1S/C11H23NOS/c1-11(2,3)10(13)12-8-6-5-7-9-14-4/h5-9H2,1-4H3,(H,12,13). The smallest absolute Gasteiger partial charge is 0.225 e. The molecule has 3 heteroatoms. The van der Waals surface area contributed by atoms with Crippen molar-refractivity contribution in [3.05, 3.63) is 0 Å². The van der Waals surface area contributed by atoms with Gasteiger partial charge in [0.05, 0.1) is 0 Å². The first-order chi connectivity index (χ1) is 6.48. The van der Waals surface area contributed by atoms with E-state index in [0.29, 0.717) is 0 Å². The first-order valence-electron chi connectivity index (χ1n) is 5.25. The van der Waals surface area contributed by atoms with E-state index in [9.17, 15) is 4.79 Å². The van der Waals surface area contributed by atoms with Gasteiger partial charge in [-0.1, -0.05) is 27.2 Å². The minimum Gasteiger partial charge on any atom is -0.356 e. The molecule has 1 amide bonds. The van der Waals surface area contributed by atoms with Gasteiger partial charge in [-0.15, -0.1) is 0 Å². The average Bonchev–Trinajstić information content (AvgIpc) is 2.09. The second-order valence-electron chi connectivity index (χ2n) is 4.56. The molecular formula is C11H23NOS. The van der Waals surface area contributed by atoms with Gasteiger partial charge in [0.15, 0.2) is 0 Å². The van der Waals surface area contributed by atoms with Crippen LogP contribution in [0, 0.1) is 5.41 Å². The van der Waals surface area contributed by atoms with Crippen LogP contribution in [0.2, 0.25) is 0 Å². The van der Waals surface area contributed by atoms with E-state index >= 15 is 0 Å². The van der Waals surface area contributed by atoms with Crippen molar-refractivity contribution in [1.29, 1.82) is 0 Å². The fourth-order valence-corrected chi connectivity index (χ4v) is 1.51. The van der Waals surface area contributed by atoms with E-state index in [4.69, 9.17) is 0 Å². The molecule has 0 saturated heterocycles. The third kappa shape index (κ3) is 7.25. The number of unbranched alkanes of at least 4 members (excludes halogenated alkanes) is 2. The number of carbonyl (C=O) groups is 1. The maximum atomic E-state index is 11.4. The quantitative estimate of drug-likeness (QED) is 0.693. The summed E-state index contributed by atoms with van der Waals surface area (Å²) in [6, 6.07) is 0. The van der Waals surface area contributed by atoms with Crippen molar-refractivity contribution in [2.75, 3.05) is 18.6 Å². The van der Waals surface area contributed by atoms with Gasteiger partial charge in [-0.25, -0.2) is 0 Å². The molecule has 0 aliphatic rings. The van der Waals surface area contributed by atoms with Crippen molar-refractivity contribution in [3.63, 3.8) is 0 Å². The van der Waals surface area contributed by atoms with Gasteiger partial charge in [0.25, 0.3) is 0 Å². The predicted octanol–water partition coefficient (Wildman–Crippen LogP) is 2.68. The molecule has 0 rings (SSSR count). The van der Waals surface area contributed by atoms with E-state index in [-0.39, 0.29) is 11.3 Å². The number of hydrogen-bond donors (Lipinski definition) is 1. The molecule has 1 N–H and O–H groups in total. The summed E-state index contributed by atoms with van der Waals surface area (Å²) in [6.07, 6.45) is 5.70. The van der Waals surface area contributed by atoms with Crippen molar-refractivity contribution in [2.24, 2.45) is 5.41 Å². The van der Waals surface area contributed by atoms with E-state index in [1.54, 1.807) is 0 Å². The molecule has 0 aliphatic heterocycles. The largest absolute Gasteiger partial charge is 0.356 e. The lowest BCUT2D eigenvalue weighted by atomic mass is 9.96. The molecule has 2 nitrogen and oxygen atoms in total. The van der Waals surface area contributed by atoms with Crippen molar-refractivity contribution >= 4 is 17.7 Å². The summed E-state index contributed by atoms with van der Waals surface area (Å²) in [5.41, 5.74) is -0.251. The number of hydrogen-bond acceptors (Lipinski definition) is 2. The van der Waals surface area contributed by atoms with Crippen LogP contribution < -0.4 is 5.32 Å². The number of amides is 1. The summed E-state index contributed by atoms with van der Waals surface area (Å²) >= 11 is 1.88. The van der Waals surface area contributed by atoms with Crippen LogP contribution in [0.25, 0.3) is 0 Å². The zero-order valence-electron chi connectivity index (χ0n) is 9.85. The van der Waals surface area contributed by atoms with Crippen LogP contribution in [0.3, 0.4) is 0 Å². The Bertz CT molecular complexity index is 163. The normalized spacial score (nSPS) is 11.4. The van der Waals surface area contributed by atoms with Crippen LogP contribution in [0.4, 0.5) is 0 Å². The van der Waals surface area contributed by atoms with Crippen LogP contribution in [-0.2, 0) is 4.79 Å². The van der Waals surface area contributed by atoms with Crippen molar-refractivity contribution in [1.82, 2.24) is 5.32 Å². The molecule has 0 spiro atoms. The summed E-state index contributed by atoms with van der Waals surface area (Å²) in [6.45, 7) is 6.65. The highest BCUT2D eigenvalue weighted by Gasteiger charge is 2.19. The summed E-state index contributed by atoms with van der Waals surface area (Å²) in [5.74, 6) is 1.38. The van der Waals surface area contributed by atoms with Gasteiger partial charge in [0.2, 0.25) is 5.91 Å². The minimum atomic E-state index is -0.251. The molecule has 0 saturated carbocycles. The summed E-state index contributed by atoms with van der Waals surface area (Å²) in [4.78, 5) is 11.4. The Hall–Kier alpha value is -0.180. The highest BCUT2D eigenvalue weighted by atomic mass is 32.2. The Labute approximate surface area is 92.2 Å². The lowest BCUT2D eigenvalue weighted by Gasteiger charge is -2.17. The molecule has 0 aromatic rings. The molecule has 0 aromatic heterocycles. The summed E-state index contributed by atoms with van der Waals surface area (Å²) in [7, 11) is 0. The van der Waals surface area contributed by atoms with Crippen LogP contribution in [0.5, 0.6) is 0 Å². The van der Waals surface area contributed by atoms with E-state index in [0.717, 1.165) is 13.0 Å². The van der Waals surface area contributed by atoms with E-state index in [1.807, 2.05) is 32.5 Å². The molecule has 0 radical (unpaired) electrons. The van der Waals surface area contributed by atoms with Gasteiger partial charge in [-0.05, 0) is 24.9 Å². The Kier molecular flexibility index (Phi) is 7.06. The SMILES string of the molecule is CSCCCCCNC(=O)C(C)(C)C. The van der Waals surface area contributed by atoms with Gasteiger partial charge in [0, 0.05) is 12.0 Å². The molecule has 0 bridgehead atoms. The van der Waals surface area contributed by atoms with Gasteiger partial charge in [-0.2, -0.15) is 11.8 Å². The van der Waals surface area contributed by atoms with E-state index in [2.05, 4.69) is 11.6 Å². The van der Waals surface area contributed by atoms with Gasteiger partial charge in [0.1, 0.15) is 0 Å². The molecule has 0 aliphatic carbocycles. The second kappa shape index (κ2) is 7.16. The lowest BCUT2D eigenvalue weighted by molar-refractivity contribution is -0.128. The molecule has 0 unspecified atom stereocenters. The van der Waals surface area contributed by atoms with Crippen molar-refractivity contribution < 1.29 is 4.79 Å². The van der Waals surface area contributed by atoms with Gasteiger partial charge in [-0.3, -0.25) is 4.79 Å². The number of rotatable bonds is 6. The fraction of sp³-hybridized carbons (Fsp3) is 0.909. The number of carbonyl (C=O) groups excluding carboxylic acids is 1. The third-order valence-corrected chi connectivity index (χ3v) is 2.69. The fourth-order valence-electron chi connectivity index (χ4n) is 1.02.